The Labute approximate surface area is 155 Å². The zero-order valence-corrected chi connectivity index (χ0v) is 15.3. The number of carbonyl (C=O) groups excluding carboxylic acids is 2. The van der Waals surface area contributed by atoms with Gasteiger partial charge < -0.3 is 15.1 Å². The standard InChI is InChI=1S/C17H21ClF3N3O2/c1-23(2)7-3-6-22-16(26)11-8-15(25)24(10-11)12-4-5-14(18)13(9-12)17(19,20)21/h4-5,9,11H,3,6-8,10H2,1-2H3,(H,22,26). The predicted octanol–water partition coefficient (Wildman–Crippen LogP) is 2.78. The molecule has 144 valence electrons. The number of rotatable bonds is 6. The highest BCUT2D eigenvalue weighted by Gasteiger charge is 2.37. The number of hydrogen-bond donors (Lipinski definition) is 1. The van der Waals surface area contributed by atoms with Crippen LogP contribution in [0.25, 0.3) is 0 Å². The summed E-state index contributed by atoms with van der Waals surface area (Å²) in [5.41, 5.74) is -0.907. The number of alkyl halides is 3. The SMILES string of the molecule is CN(C)CCCNC(=O)C1CC(=O)N(c2ccc(Cl)c(C(F)(F)F)c2)C1. The predicted molar refractivity (Wildman–Crippen MR) is 93.1 cm³/mol. The summed E-state index contributed by atoms with van der Waals surface area (Å²) in [6.07, 6.45) is -3.86. The Morgan fingerprint density at radius 3 is 2.69 bits per heavy atom. The van der Waals surface area contributed by atoms with Crippen molar-refractivity contribution < 1.29 is 22.8 Å². The van der Waals surface area contributed by atoms with Gasteiger partial charge in [0, 0.05) is 25.2 Å². The Bertz CT molecular complexity index is 680. The average Bonchev–Trinajstić information content (AvgIpc) is 2.92. The van der Waals surface area contributed by atoms with Gasteiger partial charge in [-0.25, -0.2) is 0 Å². The Morgan fingerprint density at radius 1 is 1.38 bits per heavy atom. The maximum absolute atomic E-state index is 13.0. The fourth-order valence-corrected chi connectivity index (χ4v) is 3.01. The first kappa shape index (κ1) is 20.5. The zero-order chi connectivity index (χ0) is 19.5. The molecule has 1 atom stereocenters. The van der Waals surface area contributed by atoms with Crippen LogP contribution >= 0.6 is 11.6 Å². The van der Waals surface area contributed by atoms with Gasteiger partial charge in [-0.15, -0.1) is 0 Å². The minimum Gasteiger partial charge on any atom is -0.356 e. The van der Waals surface area contributed by atoms with Gasteiger partial charge in [0.2, 0.25) is 11.8 Å². The molecular weight excluding hydrogens is 371 g/mol. The Balaban J connectivity index is 2.02. The topological polar surface area (TPSA) is 52.7 Å². The summed E-state index contributed by atoms with van der Waals surface area (Å²) in [4.78, 5) is 27.6. The monoisotopic (exact) mass is 391 g/mol. The van der Waals surface area contributed by atoms with Crippen LogP contribution in [0.4, 0.5) is 18.9 Å². The van der Waals surface area contributed by atoms with Crippen molar-refractivity contribution in [3.05, 3.63) is 28.8 Å². The third-order valence-corrected chi connectivity index (χ3v) is 4.47. The first-order chi connectivity index (χ1) is 12.1. The summed E-state index contributed by atoms with van der Waals surface area (Å²) >= 11 is 5.61. The van der Waals surface area contributed by atoms with Crippen LogP contribution in [0.3, 0.4) is 0 Å². The van der Waals surface area contributed by atoms with Crippen molar-refractivity contribution in [2.75, 3.05) is 38.6 Å². The second-order valence-electron chi connectivity index (χ2n) is 6.52. The molecule has 0 radical (unpaired) electrons. The molecule has 1 aromatic rings. The Morgan fingerprint density at radius 2 is 2.08 bits per heavy atom. The molecule has 0 aromatic heterocycles. The van der Waals surface area contributed by atoms with E-state index in [2.05, 4.69) is 5.32 Å². The molecule has 1 heterocycles. The minimum atomic E-state index is -4.61. The van der Waals surface area contributed by atoms with Crippen LogP contribution in [-0.2, 0) is 15.8 Å². The molecule has 1 aliphatic rings. The number of carbonyl (C=O) groups is 2. The van der Waals surface area contributed by atoms with E-state index in [-0.39, 0.29) is 30.5 Å². The van der Waals surface area contributed by atoms with Crippen LogP contribution in [0.5, 0.6) is 0 Å². The molecular formula is C17H21ClF3N3O2. The van der Waals surface area contributed by atoms with Crippen molar-refractivity contribution in [2.24, 2.45) is 5.92 Å². The average molecular weight is 392 g/mol. The molecule has 5 nitrogen and oxygen atoms in total. The van der Waals surface area contributed by atoms with Gasteiger partial charge in [0.1, 0.15) is 0 Å². The molecule has 9 heteroatoms. The van der Waals surface area contributed by atoms with E-state index in [1.165, 1.54) is 11.0 Å². The van der Waals surface area contributed by atoms with Crippen molar-refractivity contribution in [3.63, 3.8) is 0 Å². The van der Waals surface area contributed by atoms with E-state index in [0.717, 1.165) is 25.1 Å². The lowest BCUT2D eigenvalue weighted by Crippen LogP contribution is -2.34. The number of halogens is 4. The summed E-state index contributed by atoms with van der Waals surface area (Å²) in [7, 11) is 3.85. The first-order valence-corrected chi connectivity index (χ1v) is 8.57. The van der Waals surface area contributed by atoms with E-state index < -0.39 is 22.7 Å². The highest BCUT2D eigenvalue weighted by Crippen LogP contribution is 2.38. The van der Waals surface area contributed by atoms with E-state index in [9.17, 15) is 22.8 Å². The van der Waals surface area contributed by atoms with Gasteiger partial charge >= 0.3 is 6.18 Å². The van der Waals surface area contributed by atoms with Gasteiger partial charge in [0.25, 0.3) is 0 Å². The normalized spacial score (nSPS) is 17.9. The third-order valence-electron chi connectivity index (χ3n) is 4.14. The molecule has 26 heavy (non-hydrogen) atoms. The van der Waals surface area contributed by atoms with Crippen LogP contribution in [-0.4, -0.2) is 50.4 Å². The number of amides is 2. The Hall–Kier alpha value is -1.80. The smallest absolute Gasteiger partial charge is 0.356 e. The van der Waals surface area contributed by atoms with Gasteiger partial charge in [0.05, 0.1) is 16.5 Å². The number of nitrogens with one attached hydrogen (secondary N) is 1. The lowest BCUT2D eigenvalue weighted by Gasteiger charge is -2.19. The van der Waals surface area contributed by atoms with E-state index in [0.29, 0.717) is 6.54 Å². The molecule has 1 aromatic carbocycles. The largest absolute Gasteiger partial charge is 0.417 e. The number of anilines is 1. The number of nitrogens with zero attached hydrogens (tertiary/aromatic N) is 2. The van der Waals surface area contributed by atoms with E-state index in [1.54, 1.807) is 0 Å². The highest BCUT2D eigenvalue weighted by atomic mass is 35.5. The molecule has 1 N–H and O–H groups in total. The second kappa shape index (κ2) is 8.26. The van der Waals surface area contributed by atoms with Crippen molar-refractivity contribution in [1.29, 1.82) is 0 Å². The molecule has 1 saturated heterocycles. The molecule has 2 amide bonds. The van der Waals surface area contributed by atoms with E-state index >= 15 is 0 Å². The van der Waals surface area contributed by atoms with E-state index in [1.807, 2.05) is 19.0 Å². The lowest BCUT2D eigenvalue weighted by molar-refractivity contribution is -0.137. The first-order valence-electron chi connectivity index (χ1n) is 8.19. The lowest BCUT2D eigenvalue weighted by atomic mass is 10.1. The van der Waals surface area contributed by atoms with Crippen LogP contribution in [0.15, 0.2) is 18.2 Å². The molecule has 1 fully saturated rings. The second-order valence-corrected chi connectivity index (χ2v) is 6.92. The molecule has 1 aliphatic heterocycles. The molecule has 0 aliphatic carbocycles. The summed E-state index contributed by atoms with van der Waals surface area (Å²) < 4.78 is 39.0. The molecule has 0 bridgehead atoms. The summed E-state index contributed by atoms with van der Waals surface area (Å²) in [6.45, 7) is 1.36. The van der Waals surface area contributed by atoms with Gasteiger partial charge in [-0.1, -0.05) is 11.6 Å². The maximum atomic E-state index is 13.0. The van der Waals surface area contributed by atoms with Gasteiger partial charge in [-0.05, 0) is 45.3 Å². The molecule has 0 saturated carbocycles. The quantitative estimate of drug-likeness (QED) is 0.759. The fourth-order valence-electron chi connectivity index (χ4n) is 2.78. The van der Waals surface area contributed by atoms with Crippen LogP contribution in [0.2, 0.25) is 5.02 Å². The van der Waals surface area contributed by atoms with Crippen LogP contribution < -0.4 is 10.2 Å². The van der Waals surface area contributed by atoms with Crippen molar-refractivity contribution in [1.82, 2.24) is 10.2 Å². The van der Waals surface area contributed by atoms with E-state index in [4.69, 9.17) is 11.6 Å². The molecule has 1 unspecified atom stereocenters. The minimum absolute atomic E-state index is 0.0243. The zero-order valence-electron chi connectivity index (χ0n) is 14.6. The van der Waals surface area contributed by atoms with Gasteiger partial charge in [0.15, 0.2) is 0 Å². The Kier molecular flexibility index (Phi) is 6.52. The summed E-state index contributed by atoms with van der Waals surface area (Å²) in [5.74, 6) is -1.22. The van der Waals surface area contributed by atoms with Crippen molar-refractivity contribution in [3.8, 4) is 0 Å². The van der Waals surface area contributed by atoms with Crippen molar-refractivity contribution in [2.45, 2.75) is 19.0 Å². The molecule has 2 rings (SSSR count). The highest BCUT2D eigenvalue weighted by molar-refractivity contribution is 6.31. The van der Waals surface area contributed by atoms with Crippen LogP contribution in [0.1, 0.15) is 18.4 Å². The maximum Gasteiger partial charge on any atom is 0.417 e. The van der Waals surface area contributed by atoms with Gasteiger partial charge in [-0.3, -0.25) is 9.59 Å². The number of hydrogen-bond acceptors (Lipinski definition) is 3. The van der Waals surface area contributed by atoms with Gasteiger partial charge in [-0.2, -0.15) is 13.2 Å². The van der Waals surface area contributed by atoms with Crippen LogP contribution in [0, 0.1) is 5.92 Å². The van der Waals surface area contributed by atoms with Crippen molar-refractivity contribution >= 4 is 29.1 Å². The number of benzene rings is 1. The molecule has 0 spiro atoms. The summed E-state index contributed by atoms with van der Waals surface area (Å²) in [6, 6.07) is 3.31. The summed E-state index contributed by atoms with van der Waals surface area (Å²) in [5, 5.41) is 2.34. The fraction of sp³-hybridized carbons (Fsp3) is 0.529. The third kappa shape index (κ3) is 5.11.